The largest absolute Gasteiger partial charge is 0.361 e. The Labute approximate surface area is 116 Å². The van der Waals surface area contributed by atoms with Crippen molar-refractivity contribution >= 4 is 23.1 Å². The van der Waals surface area contributed by atoms with E-state index >= 15 is 0 Å². The second-order valence-electron chi connectivity index (χ2n) is 4.04. The molecule has 0 spiro atoms. The van der Waals surface area contributed by atoms with Gasteiger partial charge in [0.1, 0.15) is 5.82 Å². The van der Waals surface area contributed by atoms with Crippen molar-refractivity contribution in [2.45, 2.75) is 19.9 Å². The Morgan fingerprint density at radius 2 is 2.21 bits per heavy atom. The standard InChI is InChI=1S/C13H16N4OS/c1-3-14-13(18)10-6-7-12(17-16-10)15-9(2)11-5-4-8-19-11/h4-9H,3H2,1-2H3,(H,14,18)(H,15,17). The van der Waals surface area contributed by atoms with Gasteiger partial charge >= 0.3 is 0 Å². The summed E-state index contributed by atoms with van der Waals surface area (Å²) in [4.78, 5) is 12.8. The minimum Gasteiger partial charge on any atom is -0.361 e. The Hall–Kier alpha value is -1.95. The number of carbonyl (C=O) groups is 1. The Bertz CT molecular complexity index is 524. The van der Waals surface area contributed by atoms with Crippen LogP contribution in [-0.2, 0) is 0 Å². The van der Waals surface area contributed by atoms with E-state index in [1.54, 1.807) is 23.5 Å². The monoisotopic (exact) mass is 276 g/mol. The molecule has 0 aliphatic carbocycles. The molecule has 2 aromatic rings. The Morgan fingerprint density at radius 1 is 1.37 bits per heavy atom. The molecule has 1 atom stereocenters. The van der Waals surface area contributed by atoms with Crippen molar-refractivity contribution in [2.75, 3.05) is 11.9 Å². The van der Waals surface area contributed by atoms with Crippen LogP contribution in [0.5, 0.6) is 0 Å². The van der Waals surface area contributed by atoms with Crippen LogP contribution in [0, 0.1) is 0 Å². The van der Waals surface area contributed by atoms with Crippen molar-refractivity contribution in [1.82, 2.24) is 15.5 Å². The smallest absolute Gasteiger partial charge is 0.271 e. The van der Waals surface area contributed by atoms with Crippen molar-refractivity contribution in [3.8, 4) is 0 Å². The summed E-state index contributed by atoms with van der Waals surface area (Å²) in [6.45, 7) is 4.51. The van der Waals surface area contributed by atoms with Crippen LogP contribution >= 0.6 is 11.3 Å². The minimum atomic E-state index is -0.201. The fourth-order valence-electron chi connectivity index (χ4n) is 1.61. The second-order valence-corrected chi connectivity index (χ2v) is 5.02. The average molecular weight is 276 g/mol. The van der Waals surface area contributed by atoms with E-state index in [4.69, 9.17) is 0 Å². The molecule has 100 valence electrons. The highest BCUT2D eigenvalue weighted by Crippen LogP contribution is 2.21. The van der Waals surface area contributed by atoms with Crippen molar-refractivity contribution in [3.05, 3.63) is 40.2 Å². The van der Waals surface area contributed by atoms with Gasteiger partial charge in [0.25, 0.3) is 5.91 Å². The zero-order valence-electron chi connectivity index (χ0n) is 10.9. The van der Waals surface area contributed by atoms with Gasteiger partial charge in [0.2, 0.25) is 0 Å². The molecule has 0 bridgehead atoms. The number of rotatable bonds is 5. The third-order valence-electron chi connectivity index (χ3n) is 2.57. The molecule has 0 saturated heterocycles. The summed E-state index contributed by atoms with van der Waals surface area (Å²) >= 11 is 1.69. The van der Waals surface area contributed by atoms with Crippen molar-refractivity contribution < 1.29 is 4.79 Å². The van der Waals surface area contributed by atoms with E-state index in [0.29, 0.717) is 18.1 Å². The lowest BCUT2D eigenvalue weighted by molar-refractivity contribution is 0.0950. The molecular formula is C13H16N4OS. The van der Waals surface area contributed by atoms with E-state index in [1.165, 1.54) is 4.88 Å². The lowest BCUT2D eigenvalue weighted by atomic mass is 10.2. The summed E-state index contributed by atoms with van der Waals surface area (Å²) in [6.07, 6.45) is 0. The molecule has 1 unspecified atom stereocenters. The number of nitrogens with zero attached hydrogens (tertiary/aromatic N) is 2. The number of anilines is 1. The van der Waals surface area contributed by atoms with Gasteiger partial charge in [-0.05, 0) is 37.4 Å². The Morgan fingerprint density at radius 3 is 2.79 bits per heavy atom. The SMILES string of the molecule is CCNC(=O)c1ccc(NC(C)c2cccs2)nn1. The van der Waals surface area contributed by atoms with Crippen LogP contribution in [0.2, 0.25) is 0 Å². The van der Waals surface area contributed by atoms with Crippen LogP contribution in [0.1, 0.15) is 35.3 Å². The van der Waals surface area contributed by atoms with E-state index in [0.717, 1.165) is 0 Å². The highest BCUT2D eigenvalue weighted by Gasteiger charge is 2.09. The van der Waals surface area contributed by atoms with E-state index in [9.17, 15) is 4.79 Å². The number of thiophene rings is 1. The summed E-state index contributed by atoms with van der Waals surface area (Å²) < 4.78 is 0. The van der Waals surface area contributed by atoms with Crippen molar-refractivity contribution in [3.63, 3.8) is 0 Å². The van der Waals surface area contributed by atoms with E-state index < -0.39 is 0 Å². The quantitative estimate of drug-likeness (QED) is 0.880. The van der Waals surface area contributed by atoms with E-state index in [-0.39, 0.29) is 11.9 Å². The van der Waals surface area contributed by atoms with Crippen LogP contribution in [0.3, 0.4) is 0 Å². The molecule has 2 N–H and O–H groups in total. The maximum atomic E-state index is 11.5. The van der Waals surface area contributed by atoms with Gasteiger partial charge in [0, 0.05) is 11.4 Å². The Balaban J connectivity index is 2.01. The van der Waals surface area contributed by atoms with Gasteiger partial charge in [-0.25, -0.2) is 0 Å². The maximum absolute atomic E-state index is 11.5. The third-order valence-corrected chi connectivity index (χ3v) is 3.62. The Kier molecular flexibility index (Phi) is 4.46. The molecule has 2 aromatic heterocycles. The summed E-state index contributed by atoms with van der Waals surface area (Å²) in [6, 6.07) is 7.69. The highest BCUT2D eigenvalue weighted by atomic mass is 32.1. The van der Waals surface area contributed by atoms with Gasteiger partial charge in [0.05, 0.1) is 6.04 Å². The fourth-order valence-corrected chi connectivity index (χ4v) is 2.35. The van der Waals surface area contributed by atoms with Crippen LogP contribution in [0.15, 0.2) is 29.6 Å². The number of nitrogens with one attached hydrogen (secondary N) is 2. The van der Waals surface area contributed by atoms with Crippen molar-refractivity contribution in [1.29, 1.82) is 0 Å². The first-order chi connectivity index (χ1) is 9.20. The summed E-state index contributed by atoms with van der Waals surface area (Å²) in [7, 11) is 0. The maximum Gasteiger partial charge on any atom is 0.271 e. The lowest BCUT2D eigenvalue weighted by Gasteiger charge is -2.12. The summed E-state index contributed by atoms with van der Waals surface area (Å²) in [5.74, 6) is 0.460. The first kappa shape index (κ1) is 13.5. The van der Waals surface area contributed by atoms with Gasteiger partial charge in [0.15, 0.2) is 5.69 Å². The van der Waals surface area contributed by atoms with Crippen LogP contribution in [-0.4, -0.2) is 22.6 Å². The second kappa shape index (κ2) is 6.29. The predicted octanol–water partition coefficient (Wildman–Crippen LogP) is 2.46. The van der Waals surface area contributed by atoms with Crippen LogP contribution < -0.4 is 10.6 Å². The molecule has 6 heteroatoms. The summed E-state index contributed by atoms with van der Waals surface area (Å²) in [5, 5.41) is 15.9. The fraction of sp³-hybridized carbons (Fsp3) is 0.308. The molecular weight excluding hydrogens is 260 g/mol. The molecule has 1 amide bonds. The highest BCUT2D eigenvalue weighted by molar-refractivity contribution is 7.10. The molecule has 0 radical (unpaired) electrons. The molecule has 0 saturated carbocycles. The predicted molar refractivity (Wildman–Crippen MR) is 76.4 cm³/mol. The number of aromatic nitrogens is 2. The molecule has 0 aliphatic rings. The van der Waals surface area contributed by atoms with Gasteiger partial charge < -0.3 is 10.6 Å². The zero-order chi connectivity index (χ0) is 13.7. The number of carbonyl (C=O) groups excluding carboxylic acids is 1. The van der Waals surface area contributed by atoms with Gasteiger partial charge in [-0.15, -0.1) is 21.5 Å². The van der Waals surface area contributed by atoms with Crippen LogP contribution in [0.4, 0.5) is 5.82 Å². The van der Waals surface area contributed by atoms with Crippen LogP contribution in [0.25, 0.3) is 0 Å². The topological polar surface area (TPSA) is 66.9 Å². The first-order valence-electron chi connectivity index (χ1n) is 6.12. The summed E-state index contributed by atoms with van der Waals surface area (Å²) in [5.41, 5.74) is 0.330. The molecule has 0 aromatic carbocycles. The van der Waals surface area contributed by atoms with Gasteiger partial charge in [-0.3, -0.25) is 4.79 Å². The normalized spacial score (nSPS) is 11.9. The molecule has 0 fully saturated rings. The van der Waals surface area contributed by atoms with Crippen molar-refractivity contribution in [2.24, 2.45) is 0 Å². The van der Waals surface area contributed by atoms with Gasteiger partial charge in [-0.2, -0.15) is 0 Å². The molecule has 19 heavy (non-hydrogen) atoms. The average Bonchev–Trinajstić information content (AvgIpc) is 2.94. The lowest BCUT2D eigenvalue weighted by Crippen LogP contribution is -2.24. The third kappa shape index (κ3) is 3.51. The van der Waals surface area contributed by atoms with Gasteiger partial charge in [-0.1, -0.05) is 6.07 Å². The number of hydrogen-bond acceptors (Lipinski definition) is 5. The molecule has 2 rings (SSSR count). The number of amides is 1. The molecule has 2 heterocycles. The number of hydrogen-bond donors (Lipinski definition) is 2. The first-order valence-corrected chi connectivity index (χ1v) is 7.00. The molecule has 0 aliphatic heterocycles. The minimum absolute atomic E-state index is 0.171. The van der Waals surface area contributed by atoms with E-state index in [1.807, 2.05) is 18.4 Å². The van der Waals surface area contributed by atoms with E-state index in [2.05, 4.69) is 33.8 Å². The zero-order valence-corrected chi connectivity index (χ0v) is 11.7. The molecule has 5 nitrogen and oxygen atoms in total.